The van der Waals surface area contributed by atoms with Gasteiger partial charge in [0.25, 0.3) is 0 Å². The van der Waals surface area contributed by atoms with Crippen molar-refractivity contribution in [3.8, 4) is 5.75 Å². The Balaban J connectivity index is 1.54. The minimum absolute atomic E-state index is 0.00797. The highest BCUT2D eigenvalue weighted by Gasteiger charge is 2.49. The van der Waals surface area contributed by atoms with Crippen molar-refractivity contribution in [1.82, 2.24) is 20.9 Å². The van der Waals surface area contributed by atoms with Crippen LogP contribution in [0.5, 0.6) is 5.75 Å². The van der Waals surface area contributed by atoms with E-state index in [4.69, 9.17) is 4.74 Å². The summed E-state index contributed by atoms with van der Waals surface area (Å²) >= 11 is 0. The molecule has 0 aromatic heterocycles. The number of aromatic hydroxyl groups is 1. The van der Waals surface area contributed by atoms with E-state index in [0.717, 1.165) is 5.56 Å². The molecule has 0 aliphatic carbocycles. The van der Waals surface area contributed by atoms with Crippen molar-refractivity contribution in [3.05, 3.63) is 65.7 Å². The number of carbonyl (C=O) groups excluding carboxylic acids is 3. The van der Waals surface area contributed by atoms with E-state index < -0.39 is 91.0 Å². The normalized spacial score (nSPS) is 25.7. The van der Waals surface area contributed by atoms with Crippen LogP contribution in [0.15, 0.2) is 54.6 Å². The molecule has 4 rings (SSSR count). The predicted octanol–water partition coefficient (Wildman–Crippen LogP) is -1.36. The van der Waals surface area contributed by atoms with E-state index in [1.54, 1.807) is 56.3 Å². The van der Waals surface area contributed by atoms with E-state index in [-0.39, 0.29) is 31.6 Å². The first kappa shape index (κ1) is 37.7. The summed E-state index contributed by atoms with van der Waals surface area (Å²) in [5.41, 5.74) is 1.34. The van der Waals surface area contributed by atoms with Gasteiger partial charge in [-0.25, -0.2) is 4.79 Å². The highest BCUT2D eigenvalue weighted by Crippen LogP contribution is 2.25. The number of aliphatic carboxylic acids is 1. The fourth-order valence-corrected chi connectivity index (χ4v) is 6.03. The molecule has 2 fully saturated rings. The molecule has 9 N–H and O–H groups in total. The number of carboxylic acid groups (broad SMARTS) is 1. The number of phenols is 1. The van der Waals surface area contributed by atoms with Gasteiger partial charge in [-0.15, -0.1) is 0 Å². The van der Waals surface area contributed by atoms with Gasteiger partial charge in [-0.1, -0.05) is 56.3 Å². The van der Waals surface area contributed by atoms with Gasteiger partial charge < -0.3 is 56.2 Å². The first-order chi connectivity index (χ1) is 23.2. The predicted molar refractivity (Wildman–Crippen MR) is 174 cm³/mol. The summed E-state index contributed by atoms with van der Waals surface area (Å²) in [6, 6.07) is 10.5. The summed E-state index contributed by atoms with van der Waals surface area (Å²) in [6.45, 7) is 2.50. The number of nitrogens with zero attached hydrogens (tertiary/aromatic N) is 1. The average Bonchev–Trinajstić information content (AvgIpc) is 3.57. The van der Waals surface area contributed by atoms with Crippen LogP contribution in [0, 0.1) is 5.92 Å². The van der Waals surface area contributed by atoms with E-state index in [2.05, 4.69) is 16.0 Å². The fraction of sp³-hybridized carbons (Fsp3) is 0.529. The smallest absolute Gasteiger partial charge is 0.326 e. The Bertz CT molecular complexity index is 1440. The third-order valence-electron chi connectivity index (χ3n) is 8.94. The number of hydrogen-bond donors (Lipinski definition) is 9. The van der Waals surface area contributed by atoms with Crippen molar-refractivity contribution >= 4 is 23.7 Å². The zero-order valence-corrected chi connectivity index (χ0v) is 27.4. The second-order valence-corrected chi connectivity index (χ2v) is 13.0. The van der Waals surface area contributed by atoms with Gasteiger partial charge >= 0.3 is 5.97 Å². The number of ether oxygens (including phenoxy) is 1. The number of aliphatic hydroxyl groups is 4. The van der Waals surface area contributed by atoms with Crippen LogP contribution in [0.4, 0.5) is 0 Å². The topological polar surface area (TPSA) is 238 Å². The zero-order valence-electron chi connectivity index (χ0n) is 27.4. The maximum Gasteiger partial charge on any atom is 0.326 e. The van der Waals surface area contributed by atoms with Crippen molar-refractivity contribution < 1.29 is 54.6 Å². The number of likely N-dealkylation sites (tertiary alicyclic amines) is 1. The Morgan fingerprint density at radius 3 is 2.20 bits per heavy atom. The summed E-state index contributed by atoms with van der Waals surface area (Å²) in [5.74, 6) is -5.81. The molecule has 2 heterocycles. The van der Waals surface area contributed by atoms with Crippen LogP contribution in [0.1, 0.15) is 37.8 Å². The Morgan fingerprint density at radius 1 is 0.939 bits per heavy atom. The Labute approximate surface area is 283 Å². The highest BCUT2D eigenvalue weighted by molar-refractivity contribution is 5.94. The fourth-order valence-electron chi connectivity index (χ4n) is 6.03. The largest absolute Gasteiger partial charge is 0.508 e. The molecule has 0 saturated carbocycles. The number of carboxylic acids is 1. The molecule has 2 saturated heterocycles. The summed E-state index contributed by atoms with van der Waals surface area (Å²) in [5, 5.41) is 68.9. The molecule has 3 amide bonds. The third kappa shape index (κ3) is 9.53. The lowest BCUT2D eigenvalue weighted by Gasteiger charge is -2.42. The number of hydrogen-bond acceptors (Lipinski definition) is 11. The molecule has 2 aromatic carbocycles. The Hall–Kier alpha value is -4.12. The van der Waals surface area contributed by atoms with Gasteiger partial charge in [-0.3, -0.25) is 14.4 Å². The standard InChI is InChI=1S/C34H46N4O11/c1-19(2)27(33(46)47)37-30(43)23(15-20-7-4-3-5-8-20)36-31(44)25-9-6-14-38(25)32(45)24(16-21-10-12-22(39)13-11-21)35-18-34(48)29(42)28(41)26(40)17-49-34/h3-5,7-8,10-13,19,23-29,35,39-42,48H,6,9,14-18H2,1-2H3,(H,36,44)(H,37,43)(H,46,47)/t23-,24-,25-,26+,27-,28+,29-,34+/m0/s1. The van der Waals surface area contributed by atoms with E-state index in [9.17, 15) is 49.8 Å². The van der Waals surface area contributed by atoms with Crippen molar-refractivity contribution in [2.75, 3.05) is 19.7 Å². The average molecular weight is 687 g/mol. The Morgan fingerprint density at radius 2 is 1.57 bits per heavy atom. The second-order valence-electron chi connectivity index (χ2n) is 13.0. The van der Waals surface area contributed by atoms with Crippen LogP contribution in [-0.2, 0) is 36.8 Å². The van der Waals surface area contributed by atoms with E-state index in [1.807, 2.05) is 0 Å². The molecule has 0 spiro atoms. The maximum atomic E-state index is 14.1. The van der Waals surface area contributed by atoms with Gasteiger partial charge in [0.15, 0.2) is 0 Å². The molecular formula is C34H46N4O11. The Kier molecular flexibility index (Phi) is 12.7. The molecule has 2 aromatic rings. The molecule has 0 radical (unpaired) electrons. The van der Waals surface area contributed by atoms with Crippen LogP contribution in [0.3, 0.4) is 0 Å². The molecule has 15 nitrogen and oxygen atoms in total. The minimum Gasteiger partial charge on any atom is -0.508 e. The van der Waals surface area contributed by atoms with E-state index in [0.29, 0.717) is 12.0 Å². The molecule has 0 unspecified atom stereocenters. The van der Waals surface area contributed by atoms with Crippen LogP contribution in [-0.4, -0.2) is 127 Å². The molecule has 49 heavy (non-hydrogen) atoms. The van der Waals surface area contributed by atoms with Crippen molar-refractivity contribution in [2.24, 2.45) is 5.92 Å². The van der Waals surface area contributed by atoms with Crippen LogP contribution >= 0.6 is 0 Å². The van der Waals surface area contributed by atoms with Crippen molar-refractivity contribution in [1.29, 1.82) is 0 Å². The lowest BCUT2D eigenvalue weighted by molar-refractivity contribution is -0.318. The van der Waals surface area contributed by atoms with Gasteiger partial charge in [0.2, 0.25) is 23.5 Å². The summed E-state index contributed by atoms with van der Waals surface area (Å²) in [4.78, 5) is 54.5. The number of aliphatic hydroxyl groups excluding tert-OH is 3. The third-order valence-corrected chi connectivity index (χ3v) is 8.94. The number of nitrogens with one attached hydrogen (secondary N) is 3. The monoisotopic (exact) mass is 686 g/mol. The van der Waals surface area contributed by atoms with Gasteiger partial charge in [-0.2, -0.15) is 0 Å². The zero-order chi connectivity index (χ0) is 35.9. The number of phenolic OH excluding ortho intramolecular Hbond substituents is 1. The first-order valence-electron chi connectivity index (χ1n) is 16.3. The number of carbonyl (C=O) groups is 4. The van der Waals surface area contributed by atoms with Crippen molar-refractivity contribution in [2.45, 2.75) is 87.8 Å². The van der Waals surface area contributed by atoms with E-state index in [1.165, 1.54) is 17.0 Å². The maximum absolute atomic E-state index is 14.1. The highest BCUT2D eigenvalue weighted by atomic mass is 16.6. The van der Waals surface area contributed by atoms with Crippen molar-refractivity contribution in [3.63, 3.8) is 0 Å². The second kappa shape index (κ2) is 16.5. The molecule has 2 aliphatic rings. The van der Waals surface area contributed by atoms with Gasteiger partial charge in [0, 0.05) is 13.0 Å². The summed E-state index contributed by atoms with van der Waals surface area (Å²) in [6.07, 6.45) is -4.18. The van der Waals surface area contributed by atoms with Gasteiger partial charge in [0.05, 0.1) is 19.2 Å². The first-order valence-corrected chi connectivity index (χ1v) is 16.3. The quantitative estimate of drug-likeness (QED) is 0.112. The SMILES string of the molecule is CC(C)[C@H](NC(=O)[C@H](Cc1ccccc1)NC(=O)[C@@H]1CCCN1C(=O)[C@H](Cc1ccc(O)cc1)NC[C@@]1(O)OC[C@@H](O)[C@@H](O)[C@@H]1O)C(=O)O. The summed E-state index contributed by atoms with van der Waals surface area (Å²) in [7, 11) is 0. The molecule has 8 atom stereocenters. The van der Waals surface area contributed by atoms with Crippen LogP contribution in [0.25, 0.3) is 0 Å². The minimum atomic E-state index is -2.35. The molecule has 2 aliphatic heterocycles. The number of benzene rings is 2. The van der Waals surface area contributed by atoms with E-state index >= 15 is 0 Å². The summed E-state index contributed by atoms with van der Waals surface area (Å²) < 4.78 is 5.25. The lowest BCUT2D eigenvalue weighted by Crippen LogP contribution is -2.66. The molecular weight excluding hydrogens is 640 g/mol. The lowest BCUT2D eigenvalue weighted by atomic mass is 9.96. The van der Waals surface area contributed by atoms with Gasteiger partial charge in [0.1, 0.15) is 42.2 Å². The van der Waals surface area contributed by atoms with Crippen LogP contribution < -0.4 is 16.0 Å². The molecule has 268 valence electrons. The van der Waals surface area contributed by atoms with Gasteiger partial charge in [-0.05, 0) is 48.4 Å². The number of amides is 3. The van der Waals surface area contributed by atoms with Crippen LogP contribution in [0.2, 0.25) is 0 Å². The number of rotatable bonds is 14. The molecule has 15 heteroatoms. The molecule has 0 bridgehead atoms.